The first-order chi connectivity index (χ1) is 25.8. The Morgan fingerprint density at radius 2 is 1.00 bits per heavy atom. The average Bonchev–Trinajstić information content (AvgIpc) is 3.76. The molecule has 0 fully saturated rings. The van der Waals surface area contributed by atoms with Crippen molar-refractivity contribution in [3.63, 3.8) is 0 Å². The van der Waals surface area contributed by atoms with E-state index in [1.165, 1.54) is 21.5 Å². The fraction of sp³-hybridized carbons (Fsp3) is 0. The van der Waals surface area contributed by atoms with Gasteiger partial charge in [-0.25, -0.2) is 15.0 Å². The number of para-hydroxylation sites is 1. The van der Waals surface area contributed by atoms with Crippen LogP contribution in [-0.2, 0) is 0 Å². The summed E-state index contributed by atoms with van der Waals surface area (Å²) in [5.74, 6) is 1.83. The van der Waals surface area contributed by atoms with Gasteiger partial charge in [-0.05, 0) is 57.9 Å². The van der Waals surface area contributed by atoms with Gasteiger partial charge in [0.15, 0.2) is 23.1 Å². The van der Waals surface area contributed by atoms with Gasteiger partial charge in [0.05, 0.1) is 16.7 Å². The fourth-order valence-electron chi connectivity index (χ4n) is 7.83. The van der Waals surface area contributed by atoms with Gasteiger partial charge >= 0.3 is 0 Å². The van der Waals surface area contributed by atoms with E-state index in [1.807, 2.05) is 60.7 Å². The fourth-order valence-corrected chi connectivity index (χ4v) is 7.83. The smallest absolute Gasteiger partial charge is 0.164 e. The first-order valence-electron chi connectivity index (χ1n) is 17.5. The summed E-state index contributed by atoms with van der Waals surface area (Å²) in [7, 11) is 0. The SMILES string of the molecule is c1ccc(-c2nc(-c3ccccc3)nc(-c3ccc(-n4c5ccccc5c5cc6ccccc6cc54)c4oc5ccc6ccccc6c5c34)n2)cc1. The van der Waals surface area contributed by atoms with Gasteiger partial charge < -0.3 is 8.98 Å². The highest BCUT2D eigenvalue weighted by molar-refractivity contribution is 6.24. The summed E-state index contributed by atoms with van der Waals surface area (Å²) < 4.78 is 9.35. The van der Waals surface area contributed by atoms with E-state index in [0.717, 1.165) is 66.1 Å². The van der Waals surface area contributed by atoms with Crippen LogP contribution in [0.2, 0.25) is 0 Å². The van der Waals surface area contributed by atoms with Crippen LogP contribution < -0.4 is 0 Å². The topological polar surface area (TPSA) is 56.7 Å². The summed E-state index contributed by atoms with van der Waals surface area (Å²) in [6.45, 7) is 0. The Bertz CT molecular complexity index is 3120. The van der Waals surface area contributed by atoms with Crippen molar-refractivity contribution in [3.05, 3.63) is 170 Å². The number of aromatic nitrogens is 4. The van der Waals surface area contributed by atoms with Crippen molar-refractivity contribution in [1.82, 2.24) is 19.5 Å². The zero-order valence-electron chi connectivity index (χ0n) is 27.9. The molecule has 0 N–H and O–H groups in total. The van der Waals surface area contributed by atoms with Gasteiger partial charge in [0.1, 0.15) is 5.58 Å². The molecular weight excluding hydrogens is 637 g/mol. The minimum atomic E-state index is 0.591. The maximum Gasteiger partial charge on any atom is 0.164 e. The maximum atomic E-state index is 7.00. The van der Waals surface area contributed by atoms with Crippen LogP contribution in [-0.4, -0.2) is 19.5 Å². The van der Waals surface area contributed by atoms with Crippen LogP contribution >= 0.6 is 0 Å². The van der Waals surface area contributed by atoms with Crippen LogP contribution in [0, 0.1) is 0 Å². The Labute approximate surface area is 298 Å². The summed E-state index contributed by atoms with van der Waals surface area (Å²) >= 11 is 0. The van der Waals surface area contributed by atoms with Crippen molar-refractivity contribution >= 4 is 65.3 Å². The highest BCUT2D eigenvalue weighted by atomic mass is 16.3. The first-order valence-corrected chi connectivity index (χ1v) is 17.5. The molecule has 8 aromatic carbocycles. The summed E-state index contributed by atoms with van der Waals surface area (Å²) in [6.07, 6.45) is 0. The number of hydrogen-bond donors (Lipinski definition) is 0. The standard InChI is InChI=1S/C47H28N4O/c1-3-14-30(15-4-1)45-48-46(31-16-5-2-6-17-31)50-47(49-45)36-24-25-39(44-43(36)42-34-20-10-9-13-29(34)23-26-41(42)52-44)51-38-22-12-11-21-35(38)37-27-32-18-7-8-19-33(32)28-40(37)51/h1-28H. The molecule has 0 saturated heterocycles. The van der Waals surface area contributed by atoms with Crippen molar-refractivity contribution in [2.75, 3.05) is 0 Å². The summed E-state index contributed by atoms with van der Waals surface area (Å²) in [5.41, 5.74) is 7.53. The molecule has 3 heterocycles. The van der Waals surface area contributed by atoms with Crippen molar-refractivity contribution in [2.45, 2.75) is 0 Å². The zero-order chi connectivity index (χ0) is 34.2. The lowest BCUT2D eigenvalue weighted by atomic mass is 9.99. The molecule has 5 nitrogen and oxygen atoms in total. The van der Waals surface area contributed by atoms with E-state index in [-0.39, 0.29) is 0 Å². The van der Waals surface area contributed by atoms with E-state index < -0.39 is 0 Å². The van der Waals surface area contributed by atoms with E-state index >= 15 is 0 Å². The predicted molar refractivity (Wildman–Crippen MR) is 213 cm³/mol. The lowest BCUT2D eigenvalue weighted by Crippen LogP contribution is -2.01. The van der Waals surface area contributed by atoms with Crippen LogP contribution in [0.5, 0.6) is 0 Å². The van der Waals surface area contributed by atoms with Gasteiger partial charge in [-0.1, -0.05) is 133 Å². The number of fused-ring (bicyclic) bond motifs is 9. The number of benzene rings is 8. The molecule has 0 spiro atoms. The summed E-state index contributed by atoms with van der Waals surface area (Å²) in [6, 6.07) is 59.1. The summed E-state index contributed by atoms with van der Waals surface area (Å²) in [5, 5.41) is 9.07. The Morgan fingerprint density at radius 1 is 0.404 bits per heavy atom. The van der Waals surface area contributed by atoms with Crippen LogP contribution in [0.25, 0.3) is 105 Å². The maximum absolute atomic E-state index is 7.00. The van der Waals surface area contributed by atoms with E-state index in [1.54, 1.807) is 0 Å². The molecule has 0 aliphatic rings. The molecule has 0 unspecified atom stereocenters. The molecule has 52 heavy (non-hydrogen) atoms. The molecule has 0 amide bonds. The van der Waals surface area contributed by atoms with E-state index in [9.17, 15) is 0 Å². The number of hydrogen-bond acceptors (Lipinski definition) is 4. The largest absolute Gasteiger partial charge is 0.454 e. The van der Waals surface area contributed by atoms with Gasteiger partial charge in [0, 0.05) is 38.2 Å². The quantitative estimate of drug-likeness (QED) is 0.188. The minimum Gasteiger partial charge on any atom is -0.454 e. The van der Waals surface area contributed by atoms with Gasteiger partial charge in [0.2, 0.25) is 0 Å². The monoisotopic (exact) mass is 664 g/mol. The molecule has 0 atom stereocenters. The lowest BCUT2D eigenvalue weighted by Gasteiger charge is -2.13. The van der Waals surface area contributed by atoms with E-state index in [4.69, 9.17) is 19.4 Å². The van der Waals surface area contributed by atoms with Gasteiger partial charge in [0.25, 0.3) is 0 Å². The third kappa shape index (κ3) is 4.33. The number of rotatable bonds is 4. The first kappa shape index (κ1) is 28.7. The van der Waals surface area contributed by atoms with Crippen LogP contribution in [0.4, 0.5) is 0 Å². The molecular formula is C47H28N4O. The average molecular weight is 665 g/mol. The zero-order valence-corrected chi connectivity index (χ0v) is 27.9. The third-order valence-electron chi connectivity index (χ3n) is 10.2. The number of nitrogens with zero attached hydrogens (tertiary/aromatic N) is 4. The second kappa shape index (κ2) is 11.2. The highest BCUT2D eigenvalue weighted by Crippen LogP contribution is 2.44. The molecule has 242 valence electrons. The van der Waals surface area contributed by atoms with Gasteiger partial charge in [-0.3, -0.25) is 0 Å². The Kier molecular flexibility index (Phi) is 6.18. The van der Waals surface area contributed by atoms with Crippen molar-refractivity contribution in [2.24, 2.45) is 0 Å². The van der Waals surface area contributed by atoms with Crippen LogP contribution in [0.15, 0.2) is 174 Å². The van der Waals surface area contributed by atoms with E-state index in [2.05, 4.69) is 114 Å². The Hall–Kier alpha value is -7.11. The Balaban J connectivity index is 1.28. The molecule has 0 saturated carbocycles. The predicted octanol–water partition coefficient (Wildman–Crippen LogP) is 12.2. The second-order valence-electron chi connectivity index (χ2n) is 13.2. The second-order valence-corrected chi connectivity index (χ2v) is 13.2. The van der Waals surface area contributed by atoms with Gasteiger partial charge in [-0.15, -0.1) is 0 Å². The van der Waals surface area contributed by atoms with Crippen molar-refractivity contribution in [1.29, 1.82) is 0 Å². The molecule has 0 aliphatic carbocycles. The highest BCUT2D eigenvalue weighted by Gasteiger charge is 2.24. The molecule has 11 rings (SSSR count). The lowest BCUT2D eigenvalue weighted by molar-refractivity contribution is 0.666. The van der Waals surface area contributed by atoms with Crippen molar-refractivity contribution < 1.29 is 4.42 Å². The molecule has 0 bridgehead atoms. The van der Waals surface area contributed by atoms with Crippen molar-refractivity contribution in [3.8, 4) is 39.9 Å². The molecule has 11 aromatic rings. The Morgan fingerprint density at radius 3 is 1.73 bits per heavy atom. The summed E-state index contributed by atoms with van der Waals surface area (Å²) in [4.78, 5) is 15.3. The third-order valence-corrected chi connectivity index (χ3v) is 10.2. The molecule has 0 aliphatic heterocycles. The molecule has 0 radical (unpaired) electrons. The molecule has 5 heteroatoms. The normalized spacial score (nSPS) is 11.8. The van der Waals surface area contributed by atoms with Crippen LogP contribution in [0.1, 0.15) is 0 Å². The molecule has 3 aromatic heterocycles. The van der Waals surface area contributed by atoms with Crippen LogP contribution in [0.3, 0.4) is 0 Å². The van der Waals surface area contributed by atoms with E-state index in [0.29, 0.717) is 17.5 Å². The number of furan rings is 1. The minimum absolute atomic E-state index is 0.591. The van der Waals surface area contributed by atoms with Gasteiger partial charge in [-0.2, -0.15) is 0 Å².